The molecule has 7 heteroatoms. The highest BCUT2D eigenvalue weighted by Crippen LogP contribution is 2.31. The summed E-state index contributed by atoms with van der Waals surface area (Å²) in [5.74, 6) is 5.62. The van der Waals surface area contributed by atoms with Crippen molar-refractivity contribution in [3.8, 4) is 0 Å². The Labute approximate surface area is 125 Å². The lowest BCUT2D eigenvalue weighted by molar-refractivity contribution is 0.0927. The molecule has 108 valence electrons. The van der Waals surface area contributed by atoms with Crippen molar-refractivity contribution in [1.82, 2.24) is 15.0 Å². The van der Waals surface area contributed by atoms with Crippen LogP contribution < -0.4 is 11.3 Å². The van der Waals surface area contributed by atoms with E-state index >= 15 is 0 Å². The third-order valence-electron chi connectivity index (χ3n) is 3.16. The zero-order valence-electron chi connectivity index (χ0n) is 11.4. The molecule has 0 saturated carbocycles. The SMILES string of the molecule is Cn1ccnc1SCc1c(C(=O)NN)oc2ccccc12. The van der Waals surface area contributed by atoms with Crippen LogP contribution in [0.3, 0.4) is 0 Å². The number of amides is 1. The Kier molecular flexibility index (Phi) is 3.68. The molecule has 1 aromatic carbocycles. The number of aryl methyl sites for hydroxylation is 1. The largest absolute Gasteiger partial charge is 0.451 e. The number of hydrogen-bond donors (Lipinski definition) is 2. The van der Waals surface area contributed by atoms with Gasteiger partial charge in [-0.3, -0.25) is 10.2 Å². The van der Waals surface area contributed by atoms with Crippen LogP contribution in [0.1, 0.15) is 16.1 Å². The van der Waals surface area contributed by atoms with Gasteiger partial charge in [-0.05, 0) is 6.07 Å². The van der Waals surface area contributed by atoms with E-state index in [1.807, 2.05) is 42.1 Å². The number of nitrogens with one attached hydrogen (secondary N) is 1. The maximum Gasteiger partial charge on any atom is 0.301 e. The molecular weight excluding hydrogens is 288 g/mol. The average molecular weight is 302 g/mol. The number of fused-ring (bicyclic) bond motifs is 1. The lowest BCUT2D eigenvalue weighted by Crippen LogP contribution is -2.30. The molecule has 2 heterocycles. The molecule has 0 aliphatic heterocycles. The fourth-order valence-corrected chi connectivity index (χ4v) is 3.08. The van der Waals surface area contributed by atoms with Crippen molar-refractivity contribution < 1.29 is 9.21 Å². The lowest BCUT2D eigenvalue weighted by Gasteiger charge is -2.03. The van der Waals surface area contributed by atoms with E-state index in [4.69, 9.17) is 10.3 Å². The number of nitrogens with zero attached hydrogens (tertiary/aromatic N) is 2. The first kappa shape index (κ1) is 13.7. The van der Waals surface area contributed by atoms with E-state index in [0.29, 0.717) is 11.3 Å². The van der Waals surface area contributed by atoms with Gasteiger partial charge in [0, 0.05) is 36.1 Å². The highest BCUT2D eigenvalue weighted by atomic mass is 32.2. The van der Waals surface area contributed by atoms with Crippen molar-refractivity contribution in [1.29, 1.82) is 0 Å². The summed E-state index contributed by atoms with van der Waals surface area (Å²) in [6.07, 6.45) is 3.62. The fourth-order valence-electron chi connectivity index (χ4n) is 2.12. The van der Waals surface area contributed by atoms with E-state index in [9.17, 15) is 4.79 Å². The van der Waals surface area contributed by atoms with Gasteiger partial charge in [-0.25, -0.2) is 10.8 Å². The van der Waals surface area contributed by atoms with E-state index in [0.717, 1.165) is 16.1 Å². The van der Waals surface area contributed by atoms with Crippen LogP contribution in [-0.2, 0) is 12.8 Å². The van der Waals surface area contributed by atoms with Gasteiger partial charge in [0.2, 0.25) is 0 Å². The van der Waals surface area contributed by atoms with Gasteiger partial charge in [0.05, 0.1) is 0 Å². The van der Waals surface area contributed by atoms with E-state index in [2.05, 4.69) is 10.4 Å². The number of rotatable bonds is 4. The zero-order chi connectivity index (χ0) is 14.8. The number of benzene rings is 1. The molecule has 1 amide bonds. The van der Waals surface area contributed by atoms with Crippen LogP contribution in [0.5, 0.6) is 0 Å². The molecule has 21 heavy (non-hydrogen) atoms. The summed E-state index contributed by atoms with van der Waals surface area (Å²) in [4.78, 5) is 16.1. The van der Waals surface area contributed by atoms with Crippen LogP contribution in [-0.4, -0.2) is 15.5 Å². The molecule has 0 bridgehead atoms. The van der Waals surface area contributed by atoms with E-state index < -0.39 is 5.91 Å². The monoisotopic (exact) mass is 302 g/mol. The second kappa shape index (κ2) is 5.63. The van der Waals surface area contributed by atoms with Crippen molar-refractivity contribution in [2.45, 2.75) is 10.9 Å². The third kappa shape index (κ3) is 2.53. The molecule has 0 aliphatic carbocycles. The van der Waals surface area contributed by atoms with E-state index in [-0.39, 0.29) is 5.76 Å². The van der Waals surface area contributed by atoms with Crippen molar-refractivity contribution in [2.75, 3.05) is 0 Å². The highest BCUT2D eigenvalue weighted by molar-refractivity contribution is 7.98. The smallest absolute Gasteiger partial charge is 0.301 e. The number of furan rings is 1. The Balaban J connectivity index is 1.99. The first-order valence-corrected chi connectivity index (χ1v) is 7.30. The number of aromatic nitrogens is 2. The summed E-state index contributed by atoms with van der Waals surface area (Å²) in [7, 11) is 1.93. The van der Waals surface area contributed by atoms with Gasteiger partial charge in [0.25, 0.3) is 0 Å². The number of nitrogens with two attached hydrogens (primary N) is 1. The summed E-state index contributed by atoms with van der Waals surface area (Å²) in [6.45, 7) is 0. The quantitative estimate of drug-likeness (QED) is 0.333. The molecule has 3 N–H and O–H groups in total. The van der Waals surface area contributed by atoms with Gasteiger partial charge in [0.1, 0.15) is 5.58 Å². The Morgan fingerprint density at radius 2 is 2.29 bits per heavy atom. The molecule has 0 atom stereocenters. The zero-order valence-corrected chi connectivity index (χ0v) is 12.2. The maximum absolute atomic E-state index is 11.9. The van der Waals surface area contributed by atoms with Gasteiger partial charge in [-0.1, -0.05) is 30.0 Å². The fraction of sp³-hybridized carbons (Fsp3) is 0.143. The second-order valence-electron chi connectivity index (χ2n) is 4.49. The van der Waals surface area contributed by atoms with Gasteiger partial charge in [-0.2, -0.15) is 0 Å². The molecule has 0 fully saturated rings. The van der Waals surface area contributed by atoms with Crippen LogP contribution >= 0.6 is 11.8 Å². The normalized spacial score (nSPS) is 11.0. The molecular formula is C14H14N4O2S. The number of nitrogen functional groups attached to an aromatic ring is 1. The summed E-state index contributed by atoms with van der Waals surface area (Å²) in [5.41, 5.74) is 3.62. The van der Waals surface area contributed by atoms with Crippen LogP contribution in [0, 0.1) is 0 Å². The molecule has 0 aliphatic rings. The second-order valence-corrected chi connectivity index (χ2v) is 5.43. The van der Waals surface area contributed by atoms with Crippen LogP contribution in [0.4, 0.5) is 0 Å². The topological polar surface area (TPSA) is 86.1 Å². The Hall–Kier alpha value is -2.25. The summed E-state index contributed by atoms with van der Waals surface area (Å²) in [6, 6.07) is 7.54. The van der Waals surface area contributed by atoms with Gasteiger partial charge >= 0.3 is 5.91 Å². The molecule has 3 rings (SSSR count). The third-order valence-corrected chi connectivity index (χ3v) is 4.24. The number of thioether (sulfide) groups is 1. The minimum absolute atomic E-state index is 0.250. The number of imidazole rings is 1. The number of hydrazine groups is 1. The van der Waals surface area contributed by atoms with E-state index in [1.54, 1.807) is 6.20 Å². The maximum atomic E-state index is 11.9. The first-order chi connectivity index (χ1) is 10.2. The highest BCUT2D eigenvalue weighted by Gasteiger charge is 2.20. The van der Waals surface area contributed by atoms with Crippen molar-refractivity contribution in [3.63, 3.8) is 0 Å². The van der Waals surface area contributed by atoms with Gasteiger partial charge < -0.3 is 8.98 Å². The van der Waals surface area contributed by atoms with Crippen molar-refractivity contribution in [2.24, 2.45) is 12.9 Å². The van der Waals surface area contributed by atoms with Crippen LogP contribution in [0.2, 0.25) is 0 Å². The van der Waals surface area contributed by atoms with Crippen LogP contribution in [0.15, 0.2) is 46.2 Å². The Morgan fingerprint density at radius 3 is 3.00 bits per heavy atom. The lowest BCUT2D eigenvalue weighted by atomic mass is 10.1. The van der Waals surface area contributed by atoms with E-state index in [1.165, 1.54) is 11.8 Å². The predicted molar refractivity (Wildman–Crippen MR) is 80.6 cm³/mol. The van der Waals surface area contributed by atoms with Crippen LogP contribution in [0.25, 0.3) is 11.0 Å². The van der Waals surface area contributed by atoms with Gasteiger partial charge in [0.15, 0.2) is 10.9 Å². The predicted octanol–water partition coefficient (Wildman–Crippen LogP) is 2.06. The minimum atomic E-state index is -0.429. The number of para-hydroxylation sites is 1. The molecule has 0 spiro atoms. The average Bonchev–Trinajstić information content (AvgIpc) is 3.08. The Bertz CT molecular complexity index is 793. The molecule has 0 unspecified atom stereocenters. The molecule has 0 radical (unpaired) electrons. The minimum Gasteiger partial charge on any atom is -0.451 e. The number of carbonyl (C=O) groups is 1. The Morgan fingerprint density at radius 1 is 1.48 bits per heavy atom. The summed E-state index contributed by atoms with van der Waals surface area (Å²) in [5, 5.41) is 1.79. The van der Waals surface area contributed by atoms with Gasteiger partial charge in [-0.15, -0.1) is 0 Å². The number of carbonyl (C=O) groups excluding carboxylic acids is 1. The van der Waals surface area contributed by atoms with Crippen molar-refractivity contribution >= 4 is 28.6 Å². The molecule has 3 aromatic rings. The summed E-state index contributed by atoms with van der Waals surface area (Å²) >= 11 is 1.54. The molecule has 0 saturated heterocycles. The number of hydrogen-bond acceptors (Lipinski definition) is 5. The van der Waals surface area contributed by atoms with Crippen molar-refractivity contribution in [3.05, 3.63) is 48.0 Å². The molecule has 2 aromatic heterocycles. The standard InChI is InChI=1S/C14H14N4O2S/c1-18-7-6-16-14(18)21-8-10-9-4-2-3-5-11(9)20-12(10)13(19)17-15/h2-7H,8,15H2,1H3,(H,17,19). The summed E-state index contributed by atoms with van der Waals surface area (Å²) < 4.78 is 7.55. The molecule has 6 nitrogen and oxygen atoms in total. The first-order valence-electron chi connectivity index (χ1n) is 6.32.